The first-order chi connectivity index (χ1) is 6.67. The van der Waals surface area contributed by atoms with Crippen LogP contribution < -0.4 is 10.5 Å². The van der Waals surface area contributed by atoms with Gasteiger partial charge in [0.2, 0.25) is 10.0 Å². The van der Waals surface area contributed by atoms with Crippen LogP contribution in [-0.4, -0.2) is 31.7 Å². The van der Waals surface area contributed by atoms with Gasteiger partial charge in [0.1, 0.15) is 4.90 Å². The van der Waals surface area contributed by atoms with Gasteiger partial charge in [0.25, 0.3) is 0 Å². The maximum Gasteiger partial charge on any atom is 0.243 e. The number of aromatic nitrogens is 2. The molecule has 0 aliphatic rings. The van der Waals surface area contributed by atoms with Crippen molar-refractivity contribution >= 4 is 10.0 Å². The Hall–Kier alpha value is -1.18. The lowest BCUT2D eigenvalue weighted by Gasteiger charge is -1.99. The molecule has 0 spiro atoms. The van der Waals surface area contributed by atoms with E-state index in [0.29, 0.717) is 6.54 Å². The molecule has 0 amide bonds. The van der Waals surface area contributed by atoms with Crippen LogP contribution in [0, 0.1) is 0 Å². The molecular weight excluding hydrogens is 204 g/mol. The molecule has 1 heterocycles. The molecule has 1 rings (SSSR count). The molecule has 78 valence electrons. The van der Waals surface area contributed by atoms with E-state index in [-0.39, 0.29) is 11.4 Å². The Morgan fingerprint density at radius 3 is 2.93 bits per heavy atom. The number of hydrogen-bond acceptors (Lipinski definition) is 4. The molecule has 1 aromatic rings. The van der Waals surface area contributed by atoms with E-state index < -0.39 is 10.0 Å². The molecule has 1 aromatic heterocycles. The molecule has 0 radical (unpaired) electrons. The number of sulfonamides is 1. The maximum atomic E-state index is 11.4. The molecule has 4 N–H and O–H groups in total. The Morgan fingerprint density at radius 1 is 1.57 bits per heavy atom. The van der Waals surface area contributed by atoms with Gasteiger partial charge in [-0.3, -0.25) is 5.10 Å². The van der Waals surface area contributed by atoms with E-state index in [1.807, 2.05) is 0 Å². The standard InChI is InChI=1S/C7H12N4O2S/c8-3-1-2-4-11-14(12,13)7-5-9-10-6-7/h1-2,5-6,11H,3-4,8H2,(H,9,10)/b2-1+. The molecule has 0 saturated heterocycles. The van der Waals surface area contributed by atoms with Crippen molar-refractivity contribution in [1.29, 1.82) is 0 Å². The minimum atomic E-state index is -3.43. The van der Waals surface area contributed by atoms with E-state index in [9.17, 15) is 8.42 Å². The molecule has 0 bridgehead atoms. The number of aromatic amines is 1. The van der Waals surface area contributed by atoms with Crippen LogP contribution in [0.3, 0.4) is 0 Å². The topological polar surface area (TPSA) is 101 Å². The van der Waals surface area contributed by atoms with Crippen molar-refractivity contribution in [3.63, 3.8) is 0 Å². The average molecular weight is 216 g/mol. The first-order valence-corrected chi connectivity index (χ1v) is 5.48. The highest BCUT2D eigenvalue weighted by atomic mass is 32.2. The Morgan fingerprint density at radius 2 is 2.36 bits per heavy atom. The summed E-state index contributed by atoms with van der Waals surface area (Å²) < 4.78 is 25.2. The van der Waals surface area contributed by atoms with Gasteiger partial charge in [-0.15, -0.1) is 0 Å². The van der Waals surface area contributed by atoms with E-state index in [0.717, 1.165) is 0 Å². The van der Waals surface area contributed by atoms with Crippen molar-refractivity contribution < 1.29 is 8.42 Å². The van der Waals surface area contributed by atoms with Crippen molar-refractivity contribution in [2.45, 2.75) is 4.90 Å². The van der Waals surface area contributed by atoms with Crippen molar-refractivity contribution in [2.75, 3.05) is 13.1 Å². The second-order valence-electron chi connectivity index (χ2n) is 2.49. The lowest BCUT2D eigenvalue weighted by Crippen LogP contribution is -2.23. The van der Waals surface area contributed by atoms with Crippen molar-refractivity contribution in [3.8, 4) is 0 Å². The normalized spacial score (nSPS) is 12.4. The maximum absolute atomic E-state index is 11.4. The molecule has 0 aromatic carbocycles. The Kier molecular flexibility index (Phi) is 3.81. The summed E-state index contributed by atoms with van der Waals surface area (Å²) in [5.41, 5.74) is 5.19. The van der Waals surface area contributed by atoms with Gasteiger partial charge in [-0.05, 0) is 0 Å². The fraction of sp³-hybridized carbons (Fsp3) is 0.286. The van der Waals surface area contributed by atoms with Crippen molar-refractivity contribution in [3.05, 3.63) is 24.5 Å². The van der Waals surface area contributed by atoms with E-state index in [2.05, 4.69) is 14.9 Å². The third-order valence-electron chi connectivity index (χ3n) is 1.48. The van der Waals surface area contributed by atoms with Gasteiger partial charge in [0, 0.05) is 19.3 Å². The second-order valence-corrected chi connectivity index (χ2v) is 4.26. The molecule has 0 atom stereocenters. The Bertz CT molecular complexity index is 382. The van der Waals surface area contributed by atoms with Gasteiger partial charge in [0.05, 0.1) is 6.20 Å². The highest BCUT2D eigenvalue weighted by Crippen LogP contribution is 2.03. The summed E-state index contributed by atoms with van der Waals surface area (Å²) in [5.74, 6) is 0. The third-order valence-corrected chi connectivity index (χ3v) is 2.87. The summed E-state index contributed by atoms with van der Waals surface area (Å²) in [4.78, 5) is 0.124. The molecule has 14 heavy (non-hydrogen) atoms. The molecule has 0 unspecified atom stereocenters. The monoisotopic (exact) mass is 216 g/mol. The van der Waals surface area contributed by atoms with Crippen LogP contribution >= 0.6 is 0 Å². The minimum Gasteiger partial charge on any atom is -0.327 e. The number of rotatable bonds is 5. The molecular formula is C7H12N4O2S. The average Bonchev–Trinajstić information content (AvgIpc) is 2.65. The van der Waals surface area contributed by atoms with Crippen LogP contribution in [0.1, 0.15) is 0 Å². The zero-order chi connectivity index (χ0) is 10.4. The van der Waals surface area contributed by atoms with Gasteiger partial charge < -0.3 is 5.73 Å². The first kappa shape index (κ1) is 10.9. The van der Waals surface area contributed by atoms with Crippen molar-refractivity contribution in [1.82, 2.24) is 14.9 Å². The molecule has 0 aliphatic heterocycles. The lowest BCUT2D eigenvalue weighted by molar-refractivity contribution is 0.585. The molecule has 6 nitrogen and oxygen atoms in total. The van der Waals surface area contributed by atoms with E-state index >= 15 is 0 Å². The number of hydrogen-bond donors (Lipinski definition) is 3. The van der Waals surface area contributed by atoms with Crippen LogP contribution in [0.5, 0.6) is 0 Å². The number of nitrogens with two attached hydrogens (primary N) is 1. The number of H-pyrrole nitrogens is 1. The van der Waals surface area contributed by atoms with Crippen LogP contribution in [0.25, 0.3) is 0 Å². The smallest absolute Gasteiger partial charge is 0.243 e. The molecule has 7 heteroatoms. The lowest BCUT2D eigenvalue weighted by atomic mass is 10.5. The summed E-state index contributed by atoms with van der Waals surface area (Å²) in [7, 11) is -3.43. The second kappa shape index (κ2) is 4.89. The fourth-order valence-corrected chi connectivity index (χ4v) is 1.69. The molecule has 0 fully saturated rings. The van der Waals surface area contributed by atoms with Crippen molar-refractivity contribution in [2.24, 2.45) is 5.73 Å². The first-order valence-electron chi connectivity index (χ1n) is 4.00. The minimum absolute atomic E-state index is 0.124. The largest absolute Gasteiger partial charge is 0.327 e. The Balaban J connectivity index is 2.56. The summed E-state index contributed by atoms with van der Waals surface area (Å²) in [6.45, 7) is 0.623. The quantitative estimate of drug-likeness (QED) is 0.561. The highest BCUT2D eigenvalue weighted by Gasteiger charge is 2.12. The van der Waals surface area contributed by atoms with Crippen LogP contribution in [0.2, 0.25) is 0 Å². The highest BCUT2D eigenvalue weighted by molar-refractivity contribution is 7.89. The van der Waals surface area contributed by atoms with Crippen LogP contribution in [-0.2, 0) is 10.0 Å². The summed E-state index contributed by atoms with van der Waals surface area (Å²) in [5, 5.41) is 5.98. The van der Waals surface area contributed by atoms with Crippen LogP contribution in [0.15, 0.2) is 29.4 Å². The third kappa shape index (κ3) is 2.95. The Labute approximate surface area is 82.2 Å². The molecule has 0 aliphatic carbocycles. The van der Waals surface area contributed by atoms with E-state index in [1.165, 1.54) is 12.4 Å². The van der Waals surface area contributed by atoms with Gasteiger partial charge in [-0.1, -0.05) is 12.2 Å². The fourth-order valence-electron chi connectivity index (χ4n) is 0.807. The predicted molar refractivity (Wildman–Crippen MR) is 52.0 cm³/mol. The summed E-state index contributed by atoms with van der Waals surface area (Å²) in [6, 6.07) is 0. The van der Waals surface area contributed by atoms with E-state index in [1.54, 1.807) is 12.2 Å². The number of nitrogens with one attached hydrogen (secondary N) is 2. The summed E-state index contributed by atoms with van der Waals surface area (Å²) in [6.07, 6.45) is 5.89. The number of nitrogens with zero attached hydrogens (tertiary/aromatic N) is 1. The van der Waals surface area contributed by atoms with Gasteiger partial charge in [-0.25, -0.2) is 13.1 Å². The van der Waals surface area contributed by atoms with Gasteiger partial charge >= 0.3 is 0 Å². The predicted octanol–water partition coefficient (Wildman–Crippen LogP) is -0.797. The van der Waals surface area contributed by atoms with Crippen LogP contribution in [0.4, 0.5) is 0 Å². The zero-order valence-corrected chi connectivity index (χ0v) is 8.29. The molecule has 0 saturated carbocycles. The zero-order valence-electron chi connectivity index (χ0n) is 7.47. The van der Waals surface area contributed by atoms with E-state index in [4.69, 9.17) is 5.73 Å². The SMILES string of the molecule is NC/C=C/CNS(=O)(=O)c1cn[nH]c1. The summed E-state index contributed by atoms with van der Waals surface area (Å²) >= 11 is 0. The van der Waals surface area contributed by atoms with Gasteiger partial charge in [-0.2, -0.15) is 5.10 Å². The van der Waals surface area contributed by atoms with Gasteiger partial charge in [0.15, 0.2) is 0 Å².